The molecule has 1 aromatic carbocycles. The van der Waals surface area contributed by atoms with Gasteiger partial charge in [-0.25, -0.2) is 0 Å². The number of carbonyl (C=O) groups excluding carboxylic acids is 1. The summed E-state index contributed by atoms with van der Waals surface area (Å²) in [5.74, 6) is 0.0817. The maximum atomic E-state index is 12.9. The normalized spacial score (nSPS) is 14.3. The van der Waals surface area contributed by atoms with Gasteiger partial charge in [0.25, 0.3) is 5.91 Å². The summed E-state index contributed by atoms with van der Waals surface area (Å²) in [6.07, 6.45) is 6.75. The molecule has 0 fully saturated rings. The minimum Gasteiger partial charge on any atom is -0.334 e. The van der Waals surface area contributed by atoms with Gasteiger partial charge in [-0.3, -0.25) is 9.48 Å². The summed E-state index contributed by atoms with van der Waals surface area (Å²) in [4.78, 5) is 14.8. The summed E-state index contributed by atoms with van der Waals surface area (Å²) in [5, 5.41) is 4.55. The molecule has 0 aliphatic carbocycles. The minimum absolute atomic E-state index is 0.0337. The lowest BCUT2D eigenvalue weighted by molar-refractivity contribution is 0.0732. The van der Waals surface area contributed by atoms with Gasteiger partial charge in [0.1, 0.15) is 0 Å². The van der Waals surface area contributed by atoms with Gasteiger partial charge in [-0.1, -0.05) is 0 Å². The molecule has 0 saturated carbocycles. The molecular weight excluding hydrogens is 324 g/mol. The Morgan fingerprint density at radius 3 is 2.42 bits per heavy atom. The first kappa shape index (κ1) is 16.6. The fraction of sp³-hybridized carbons (Fsp3) is 0.333. The highest BCUT2D eigenvalue weighted by molar-refractivity contribution is 5.94. The highest BCUT2D eigenvalue weighted by Gasteiger charge is 2.27. The molecule has 0 saturated heterocycles. The molecule has 2 aromatic heterocycles. The van der Waals surface area contributed by atoms with Crippen LogP contribution < -0.4 is 0 Å². The fourth-order valence-electron chi connectivity index (χ4n) is 3.55. The first-order chi connectivity index (χ1) is 12.4. The van der Waals surface area contributed by atoms with Crippen LogP contribution in [-0.2, 0) is 18.5 Å². The van der Waals surface area contributed by atoms with Gasteiger partial charge in [-0.05, 0) is 57.2 Å². The van der Waals surface area contributed by atoms with Crippen molar-refractivity contribution in [2.75, 3.05) is 6.54 Å². The smallest absolute Gasteiger partial charge is 0.254 e. The van der Waals surface area contributed by atoms with Crippen LogP contribution in [0, 0.1) is 0 Å². The number of nitrogens with zero attached hydrogens (tertiary/aromatic N) is 4. The van der Waals surface area contributed by atoms with Gasteiger partial charge < -0.3 is 9.47 Å². The molecule has 0 radical (unpaired) electrons. The molecule has 3 aromatic rings. The Labute approximate surface area is 153 Å². The highest BCUT2D eigenvalue weighted by Crippen LogP contribution is 2.25. The van der Waals surface area contributed by atoms with E-state index in [-0.39, 0.29) is 11.4 Å². The zero-order valence-corrected chi connectivity index (χ0v) is 15.5. The SMILES string of the molecule is CC(C)(C)n1ncc2c1CCN(C(=O)c1ccc(-n3cccc3)cc1)C2. The van der Waals surface area contributed by atoms with E-state index >= 15 is 0 Å². The number of carbonyl (C=O) groups is 1. The maximum absolute atomic E-state index is 12.9. The van der Waals surface area contributed by atoms with Crippen LogP contribution in [0.1, 0.15) is 42.4 Å². The van der Waals surface area contributed by atoms with Crippen LogP contribution in [0.3, 0.4) is 0 Å². The van der Waals surface area contributed by atoms with Crippen LogP contribution in [0.25, 0.3) is 5.69 Å². The third kappa shape index (κ3) is 2.94. The Bertz CT molecular complexity index is 914. The lowest BCUT2D eigenvalue weighted by Crippen LogP contribution is -2.37. The first-order valence-corrected chi connectivity index (χ1v) is 9.02. The molecule has 0 N–H and O–H groups in total. The van der Waals surface area contributed by atoms with Crippen molar-refractivity contribution in [2.24, 2.45) is 0 Å². The second kappa shape index (κ2) is 6.16. The van der Waals surface area contributed by atoms with Crippen molar-refractivity contribution < 1.29 is 4.79 Å². The van der Waals surface area contributed by atoms with Gasteiger partial charge >= 0.3 is 0 Å². The minimum atomic E-state index is -0.0337. The molecule has 1 aliphatic rings. The second-order valence-electron chi connectivity index (χ2n) is 7.81. The van der Waals surface area contributed by atoms with Crippen LogP contribution in [0.4, 0.5) is 0 Å². The second-order valence-corrected chi connectivity index (χ2v) is 7.81. The van der Waals surface area contributed by atoms with Gasteiger partial charge in [0.15, 0.2) is 0 Å². The number of hydrogen-bond acceptors (Lipinski definition) is 2. The molecule has 4 rings (SSSR count). The third-order valence-electron chi connectivity index (χ3n) is 4.87. The van der Waals surface area contributed by atoms with Crippen LogP contribution in [0.2, 0.25) is 0 Å². The average Bonchev–Trinajstić information content (AvgIpc) is 3.30. The summed E-state index contributed by atoms with van der Waals surface area (Å²) in [6, 6.07) is 11.8. The summed E-state index contributed by atoms with van der Waals surface area (Å²) < 4.78 is 4.12. The molecule has 5 heteroatoms. The average molecular weight is 348 g/mol. The van der Waals surface area contributed by atoms with Gasteiger partial charge in [0.05, 0.1) is 11.7 Å². The van der Waals surface area contributed by atoms with E-state index in [9.17, 15) is 4.79 Å². The van der Waals surface area contributed by atoms with Gasteiger partial charge in [0, 0.05) is 54.4 Å². The maximum Gasteiger partial charge on any atom is 0.254 e. The third-order valence-corrected chi connectivity index (χ3v) is 4.87. The molecule has 26 heavy (non-hydrogen) atoms. The monoisotopic (exact) mass is 348 g/mol. The molecule has 1 amide bonds. The van der Waals surface area contributed by atoms with Crippen LogP contribution >= 0.6 is 0 Å². The van der Waals surface area contributed by atoms with Crippen molar-refractivity contribution >= 4 is 5.91 Å². The predicted octanol–water partition coefficient (Wildman–Crippen LogP) is 3.63. The number of benzene rings is 1. The first-order valence-electron chi connectivity index (χ1n) is 9.02. The van der Waals surface area contributed by atoms with E-state index in [4.69, 9.17) is 0 Å². The molecule has 0 unspecified atom stereocenters. The Hall–Kier alpha value is -2.82. The Morgan fingerprint density at radius 2 is 1.77 bits per heavy atom. The quantitative estimate of drug-likeness (QED) is 0.710. The standard InChI is InChI=1S/C21H24N4O/c1-21(2,3)25-19-10-13-24(15-17(19)14-22-25)20(26)16-6-8-18(9-7-16)23-11-4-5-12-23/h4-9,11-12,14H,10,13,15H2,1-3H3. The van der Waals surface area contributed by atoms with Crippen molar-refractivity contribution in [3.8, 4) is 5.69 Å². The molecule has 5 nitrogen and oxygen atoms in total. The molecule has 134 valence electrons. The lowest BCUT2D eigenvalue weighted by atomic mass is 10.0. The number of rotatable bonds is 2. The number of hydrogen-bond donors (Lipinski definition) is 0. The summed E-state index contributed by atoms with van der Waals surface area (Å²) >= 11 is 0. The Kier molecular flexibility index (Phi) is 3.94. The van der Waals surface area contributed by atoms with E-state index in [1.165, 1.54) is 5.69 Å². The molecule has 1 aliphatic heterocycles. The molecule has 0 bridgehead atoms. The molecule has 0 spiro atoms. The van der Waals surface area contributed by atoms with Crippen molar-refractivity contribution in [1.29, 1.82) is 0 Å². The van der Waals surface area contributed by atoms with E-state index in [2.05, 4.69) is 30.6 Å². The number of fused-ring (bicyclic) bond motifs is 1. The molecule has 0 atom stereocenters. The summed E-state index contributed by atoms with van der Waals surface area (Å²) in [7, 11) is 0. The van der Waals surface area contributed by atoms with Crippen molar-refractivity contribution in [3.63, 3.8) is 0 Å². The van der Waals surface area contributed by atoms with Crippen LogP contribution in [0.15, 0.2) is 55.0 Å². The van der Waals surface area contributed by atoms with Crippen molar-refractivity contribution in [1.82, 2.24) is 19.2 Å². The Morgan fingerprint density at radius 1 is 1.08 bits per heavy atom. The van der Waals surface area contributed by atoms with E-state index in [0.717, 1.165) is 29.8 Å². The fourth-order valence-corrected chi connectivity index (χ4v) is 3.55. The topological polar surface area (TPSA) is 43.1 Å². The zero-order chi connectivity index (χ0) is 18.3. The van der Waals surface area contributed by atoms with E-state index in [0.29, 0.717) is 6.54 Å². The van der Waals surface area contributed by atoms with E-state index in [1.807, 2.05) is 64.5 Å². The van der Waals surface area contributed by atoms with Crippen LogP contribution in [-0.4, -0.2) is 31.7 Å². The van der Waals surface area contributed by atoms with Gasteiger partial charge in [0.2, 0.25) is 0 Å². The lowest BCUT2D eigenvalue weighted by Gasteiger charge is -2.30. The Balaban J connectivity index is 1.52. The largest absolute Gasteiger partial charge is 0.334 e. The van der Waals surface area contributed by atoms with Crippen LogP contribution in [0.5, 0.6) is 0 Å². The van der Waals surface area contributed by atoms with Crippen molar-refractivity contribution in [3.05, 3.63) is 71.8 Å². The summed E-state index contributed by atoms with van der Waals surface area (Å²) in [5.41, 5.74) is 4.16. The molecule has 3 heterocycles. The van der Waals surface area contributed by atoms with E-state index in [1.54, 1.807) is 0 Å². The zero-order valence-electron chi connectivity index (χ0n) is 15.5. The number of amides is 1. The highest BCUT2D eigenvalue weighted by atomic mass is 16.2. The molecular formula is C21H24N4O. The summed E-state index contributed by atoms with van der Waals surface area (Å²) in [6.45, 7) is 7.83. The predicted molar refractivity (Wildman–Crippen MR) is 101 cm³/mol. The van der Waals surface area contributed by atoms with Crippen molar-refractivity contribution in [2.45, 2.75) is 39.3 Å². The van der Waals surface area contributed by atoms with Gasteiger partial charge in [-0.2, -0.15) is 5.10 Å². The number of aromatic nitrogens is 3. The van der Waals surface area contributed by atoms with Gasteiger partial charge in [-0.15, -0.1) is 0 Å². The van der Waals surface area contributed by atoms with E-state index < -0.39 is 0 Å².